The summed E-state index contributed by atoms with van der Waals surface area (Å²) in [5.74, 6) is -0.106. The van der Waals surface area contributed by atoms with Gasteiger partial charge in [0.05, 0.1) is 11.1 Å². The molecule has 0 spiro atoms. The number of nitrogens with one attached hydrogen (secondary N) is 1. The molecule has 0 unspecified atom stereocenters. The molecule has 1 N–H and O–H groups in total. The van der Waals surface area contributed by atoms with E-state index in [1.54, 1.807) is 13.2 Å². The molecule has 0 aliphatic heterocycles. The van der Waals surface area contributed by atoms with Crippen LogP contribution in [0.15, 0.2) is 30.5 Å². The summed E-state index contributed by atoms with van der Waals surface area (Å²) in [4.78, 5) is 15.6. The molecule has 76 valence electrons. The van der Waals surface area contributed by atoms with E-state index in [-0.39, 0.29) is 5.91 Å². The van der Waals surface area contributed by atoms with Crippen LogP contribution in [0.1, 0.15) is 15.9 Å². The second kappa shape index (κ2) is 3.69. The Morgan fingerprint density at radius 2 is 2.13 bits per heavy atom. The van der Waals surface area contributed by atoms with Crippen LogP contribution < -0.4 is 5.32 Å². The van der Waals surface area contributed by atoms with Gasteiger partial charge in [0, 0.05) is 18.6 Å². The average molecular weight is 200 g/mol. The van der Waals surface area contributed by atoms with Gasteiger partial charge in [0.15, 0.2) is 0 Å². The fourth-order valence-electron chi connectivity index (χ4n) is 1.52. The Kier molecular flexibility index (Phi) is 2.37. The van der Waals surface area contributed by atoms with Gasteiger partial charge >= 0.3 is 0 Å². The molecular weight excluding hydrogens is 188 g/mol. The highest BCUT2D eigenvalue weighted by atomic mass is 16.1. The first-order chi connectivity index (χ1) is 7.20. The van der Waals surface area contributed by atoms with Crippen LogP contribution in [0.25, 0.3) is 10.9 Å². The summed E-state index contributed by atoms with van der Waals surface area (Å²) in [6.07, 6.45) is 1.59. The van der Waals surface area contributed by atoms with Gasteiger partial charge in [0.1, 0.15) is 0 Å². The fraction of sp³-hybridized carbons (Fsp3) is 0.167. The maximum Gasteiger partial charge on any atom is 0.252 e. The van der Waals surface area contributed by atoms with E-state index in [0.29, 0.717) is 5.56 Å². The quantitative estimate of drug-likeness (QED) is 0.764. The van der Waals surface area contributed by atoms with Crippen molar-refractivity contribution >= 4 is 16.8 Å². The summed E-state index contributed by atoms with van der Waals surface area (Å²) in [5, 5.41) is 3.58. The lowest BCUT2D eigenvalue weighted by molar-refractivity contribution is 0.0963. The molecule has 2 aromatic rings. The normalized spacial score (nSPS) is 10.3. The predicted molar refractivity (Wildman–Crippen MR) is 59.9 cm³/mol. The second-order valence-electron chi connectivity index (χ2n) is 3.50. The molecule has 2 rings (SSSR count). The van der Waals surface area contributed by atoms with E-state index >= 15 is 0 Å². The molecule has 0 atom stereocenters. The van der Waals surface area contributed by atoms with Gasteiger partial charge in [-0.05, 0) is 25.1 Å². The zero-order valence-electron chi connectivity index (χ0n) is 8.74. The van der Waals surface area contributed by atoms with Crippen LogP contribution in [0.2, 0.25) is 0 Å². The van der Waals surface area contributed by atoms with Crippen molar-refractivity contribution in [3.8, 4) is 0 Å². The zero-order chi connectivity index (χ0) is 10.8. The van der Waals surface area contributed by atoms with E-state index < -0.39 is 0 Å². The third kappa shape index (κ3) is 1.81. The van der Waals surface area contributed by atoms with E-state index in [1.165, 1.54) is 5.56 Å². The predicted octanol–water partition coefficient (Wildman–Crippen LogP) is 1.90. The van der Waals surface area contributed by atoms with Gasteiger partial charge in [0.2, 0.25) is 0 Å². The van der Waals surface area contributed by atoms with Gasteiger partial charge in [-0.3, -0.25) is 9.78 Å². The molecule has 1 amide bonds. The molecule has 0 saturated heterocycles. The van der Waals surface area contributed by atoms with Gasteiger partial charge in [-0.2, -0.15) is 0 Å². The smallest absolute Gasteiger partial charge is 0.252 e. The maximum absolute atomic E-state index is 11.4. The van der Waals surface area contributed by atoms with Crippen LogP contribution >= 0.6 is 0 Å². The number of pyridine rings is 1. The minimum absolute atomic E-state index is 0.106. The first-order valence-electron chi connectivity index (χ1n) is 4.79. The Labute approximate surface area is 88.1 Å². The molecule has 3 nitrogen and oxygen atoms in total. The standard InChI is InChI=1S/C12H12N2O/c1-8-3-4-11-9(5-8)6-10(7-14-11)12(15)13-2/h3-7H,1-2H3,(H,13,15). The van der Waals surface area contributed by atoms with Crippen molar-refractivity contribution < 1.29 is 4.79 Å². The number of carbonyl (C=O) groups is 1. The van der Waals surface area contributed by atoms with Gasteiger partial charge in [-0.15, -0.1) is 0 Å². The summed E-state index contributed by atoms with van der Waals surface area (Å²) in [5.41, 5.74) is 2.67. The van der Waals surface area contributed by atoms with Crippen molar-refractivity contribution in [1.29, 1.82) is 0 Å². The third-order valence-electron chi connectivity index (χ3n) is 2.33. The van der Waals surface area contributed by atoms with Crippen molar-refractivity contribution in [3.05, 3.63) is 41.6 Å². The molecule has 15 heavy (non-hydrogen) atoms. The number of rotatable bonds is 1. The maximum atomic E-state index is 11.4. The van der Waals surface area contributed by atoms with Crippen molar-refractivity contribution in [2.45, 2.75) is 6.92 Å². The fourth-order valence-corrected chi connectivity index (χ4v) is 1.52. The van der Waals surface area contributed by atoms with Crippen LogP contribution in [0.3, 0.4) is 0 Å². The Hall–Kier alpha value is -1.90. The molecule has 0 bridgehead atoms. The lowest BCUT2D eigenvalue weighted by Gasteiger charge is -2.02. The average Bonchev–Trinajstić information content (AvgIpc) is 2.27. The van der Waals surface area contributed by atoms with E-state index in [9.17, 15) is 4.79 Å². The van der Waals surface area contributed by atoms with Gasteiger partial charge in [-0.25, -0.2) is 0 Å². The van der Waals surface area contributed by atoms with Gasteiger partial charge < -0.3 is 5.32 Å². The molecule has 0 fully saturated rings. The van der Waals surface area contributed by atoms with Crippen molar-refractivity contribution in [1.82, 2.24) is 10.3 Å². The van der Waals surface area contributed by atoms with Gasteiger partial charge in [-0.1, -0.05) is 11.6 Å². The highest BCUT2D eigenvalue weighted by molar-refractivity contribution is 5.97. The number of fused-ring (bicyclic) bond motifs is 1. The minimum Gasteiger partial charge on any atom is -0.355 e. The summed E-state index contributed by atoms with van der Waals surface area (Å²) in [6.45, 7) is 2.02. The number of aromatic nitrogens is 1. The zero-order valence-corrected chi connectivity index (χ0v) is 8.74. The lowest BCUT2D eigenvalue weighted by Crippen LogP contribution is -2.17. The lowest BCUT2D eigenvalue weighted by atomic mass is 10.1. The molecule has 0 radical (unpaired) electrons. The summed E-state index contributed by atoms with van der Waals surface area (Å²) in [6, 6.07) is 7.84. The molecule has 3 heteroatoms. The summed E-state index contributed by atoms with van der Waals surface area (Å²) in [7, 11) is 1.61. The third-order valence-corrected chi connectivity index (χ3v) is 2.33. The number of amides is 1. The number of benzene rings is 1. The van der Waals surface area contributed by atoms with Crippen molar-refractivity contribution in [3.63, 3.8) is 0 Å². The highest BCUT2D eigenvalue weighted by Crippen LogP contribution is 2.14. The van der Waals surface area contributed by atoms with E-state index in [2.05, 4.69) is 10.3 Å². The Bertz CT molecular complexity index is 520. The Balaban J connectivity index is 2.59. The van der Waals surface area contributed by atoms with E-state index in [0.717, 1.165) is 10.9 Å². The molecule has 0 aliphatic carbocycles. The topological polar surface area (TPSA) is 42.0 Å². The summed E-state index contributed by atoms with van der Waals surface area (Å²) >= 11 is 0. The van der Waals surface area contributed by atoms with Crippen LogP contribution in [-0.2, 0) is 0 Å². The number of nitrogens with zero attached hydrogens (tertiary/aromatic N) is 1. The highest BCUT2D eigenvalue weighted by Gasteiger charge is 2.04. The van der Waals surface area contributed by atoms with E-state index in [1.807, 2.05) is 31.2 Å². The Morgan fingerprint density at radius 3 is 2.87 bits per heavy atom. The Morgan fingerprint density at radius 1 is 1.33 bits per heavy atom. The first kappa shape index (κ1) is 9.65. The van der Waals surface area contributed by atoms with Crippen LogP contribution in [0.5, 0.6) is 0 Å². The van der Waals surface area contributed by atoms with Crippen molar-refractivity contribution in [2.75, 3.05) is 7.05 Å². The monoisotopic (exact) mass is 200 g/mol. The molecule has 1 heterocycles. The number of carbonyl (C=O) groups excluding carboxylic acids is 1. The largest absolute Gasteiger partial charge is 0.355 e. The molecule has 1 aromatic carbocycles. The molecule has 1 aromatic heterocycles. The molecule has 0 saturated carbocycles. The van der Waals surface area contributed by atoms with Crippen LogP contribution in [0, 0.1) is 6.92 Å². The van der Waals surface area contributed by atoms with Gasteiger partial charge in [0.25, 0.3) is 5.91 Å². The summed E-state index contributed by atoms with van der Waals surface area (Å²) < 4.78 is 0. The molecular formula is C12H12N2O. The number of hydrogen-bond acceptors (Lipinski definition) is 2. The van der Waals surface area contributed by atoms with Crippen LogP contribution in [-0.4, -0.2) is 17.9 Å². The number of aryl methyl sites for hydroxylation is 1. The SMILES string of the molecule is CNC(=O)c1cnc2ccc(C)cc2c1. The van der Waals surface area contributed by atoms with Crippen LogP contribution in [0.4, 0.5) is 0 Å². The first-order valence-corrected chi connectivity index (χ1v) is 4.79. The number of hydrogen-bond donors (Lipinski definition) is 1. The minimum atomic E-state index is -0.106. The molecule has 0 aliphatic rings. The van der Waals surface area contributed by atoms with E-state index in [4.69, 9.17) is 0 Å². The second-order valence-corrected chi connectivity index (χ2v) is 3.50. The van der Waals surface area contributed by atoms with Crippen molar-refractivity contribution in [2.24, 2.45) is 0 Å².